The van der Waals surface area contributed by atoms with Gasteiger partial charge in [-0.25, -0.2) is 4.39 Å². The number of hydrogen-bond donors (Lipinski definition) is 0. The average Bonchev–Trinajstić information content (AvgIpc) is 3.40. The molecule has 3 aliphatic rings. The SMILES string of the molecule is CC(=O)Oc1cc2c(s1)CCN(C(CC(=O)C1CC1)C1=C(F)CCC=C1)C2. The van der Waals surface area contributed by atoms with E-state index in [0.29, 0.717) is 30.0 Å². The van der Waals surface area contributed by atoms with Crippen LogP contribution in [-0.4, -0.2) is 29.2 Å². The summed E-state index contributed by atoms with van der Waals surface area (Å²) in [6.45, 7) is 2.83. The van der Waals surface area contributed by atoms with Crippen molar-refractivity contribution in [1.29, 1.82) is 0 Å². The second kappa shape index (κ2) is 7.68. The first-order valence-electron chi connectivity index (χ1n) is 9.63. The van der Waals surface area contributed by atoms with Gasteiger partial charge < -0.3 is 4.74 Å². The Kier molecular flexibility index (Phi) is 5.28. The monoisotopic (exact) mass is 389 g/mol. The van der Waals surface area contributed by atoms with Crippen LogP contribution in [0.4, 0.5) is 4.39 Å². The van der Waals surface area contributed by atoms with Gasteiger partial charge in [0.05, 0.1) is 0 Å². The van der Waals surface area contributed by atoms with E-state index in [1.54, 1.807) is 0 Å². The molecular weight excluding hydrogens is 365 g/mol. The Balaban J connectivity index is 1.56. The summed E-state index contributed by atoms with van der Waals surface area (Å²) in [5.74, 6) is 0.0394. The number of halogens is 1. The molecule has 0 aromatic carbocycles. The molecular formula is C21H24FNO3S. The molecule has 144 valence electrons. The number of fused-ring (bicyclic) bond motifs is 1. The second-order valence-electron chi connectivity index (χ2n) is 7.59. The number of esters is 1. The zero-order chi connectivity index (χ0) is 19.0. The fraction of sp³-hybridized carbons (Fsp3) is 0.524. The number of ether oxygens (including phenoxy) is 1. The van der Waals surface area contributed by atoms with Crippen LogP contribution in [0.3, 0.4) is 0 Å². The highest BCUT2D eigenvalue weighted by atomic mass is 32.1. The lowest BCUT2D eigenvalue weighted by Crippen LogP contribution is -2.41. The van der Waals surface area contributed by atoms with Gasteiger partial charge in [0.25, 0.3) is 0 Å². The third-order valence-electron chi connectivity index (χ3n) is 5.49. The van der Waals surface area contributed by atoms with Crippen molar-refractivity contribution in [3.05, 3.63) is 40.1 Å². The van der Waals surface area contributed by atoms with Crippen LogP contribution in [0, 0.1) is 5.92 Å². The summed E-state index contributed by atoms with van der Waals surface area (Å²) in [5.41, 5.74) is 1.79. The van der Waals surface area contributed by atoms with Crippen LogP contribution in [0.1, 0.15) is 49.5 Å². The zero-order valence-electron chi connectivity index (χ0n) is 15.5. The van der Waals surface area contributed by atoms with E-state index in [1.807, 2.05) is 18.2 Å². The number of carbonyl (C=O) groups is 2. The van der Waals surface area contributed by atoms with Crippen LogP contribution in [0.5, 0.6) is 5.06 Å². The minimum atomic E-state index is -0.321. The fourth-order valence-electron chi connectivity index (χ4n) is 3.93. The average molecular weight is 389 g/mol. The predicted molar refractivity (Wildman–Crippen MR) is 102 cm³/mol. The highest BCUT2D eigenvalue weighted by molar-refractivity contribution is 7.14. The number of nitrogens with zero attached hydrogens (tertiary/aromatic N) is 1. The Morgan fingerprint density at radius 1 is 1.37 bits per heavy atom. The largest absolute Gasteiger partial charge is 0.416 e. The summed E-state index contributed by atoms with van der Waals surface area (Å²) in [7, 11) is 0. The van der Waals surface area contributed by atoms with Gasteiger partial charge in [-0.05, 0) is 37.3 Å². The number of rotatable bonds is 6. The van der Waals surface area contributed by atoms with Crippen molar-refractivity contribution >= 4 is 23.1 Å². The molecule has 27 heavy (non-hydrogen) atoms. The quantitative estimate of drug-likeness (QED) is 0.679. The molecule has 2 heterocycles. The Hall–Kier alpha value is -1.79. The Morgan fingerprint density at radius 3 is 2.89 bits per heavy atom. The topological polar surface area (TPSA) is 46.6 Å². The summed E-state index contributed by atoms with van der Waals surface area (Å²) in [6.07, 6.45) is 8.19. The first-order chi connectivity index (χ1) is 13.0. The van der Waals surface area contributed by atoms with Crippen molar-refractivity contribution < 1.29 is 18.7 Å². The van der Waals surface area contributed by atoms with Crippen LogP contribution >= 0.6 is 11.3 Å². The van der Waals surface area contributed by atoms with Crippen LogP contribution in [0.2, 0.25) is 0 Å². The van der Waals surface area contributed by atoms with E-state index in [0.717, 1.165) is 37.8 Å². The molecule has 1 saturated carbocycles. The maximum Gasteiger partial charge on any atom is 0.308 e. The summed E-state index contributed by atoms with van der Waals surface area (Å²) >= 11 is 1.51. The molecule has 4 rings (SSSR count). The standard InChI is InChI=1S/C21H24FNO3S/c1-13(24)26-21-10-15-12-23(9-8-20(15)27-21)18(11-19(25)14-6-7-14)16-4-2-3-5-17(16)22/h2,4,10,14,18H,3,5-9,11-12H2,1H3. The molecule has 1 aliphatic heterocycles. The second-order valence-corrected chi connectivity index (χ2v) is 8.69. The number of carbonyl (C=O) groups excluding carboxylic acids is 2. The first-order valence-corrected chi connectivity index (χ1v) is 10.4. The molecule has 0 N–H and O–H groups in total. The van der Waals surface area contributed by atoms with Crippen molar-refractivity contribution in [3.63, 3.8) is 0 Å². The normalized spacial score (nSPS) is 21.1. The van der Waals surface area contributed by atoms with Crippen molar-refractivity contribution in [3.8, 4) is 5.06 Å². The molecule has 1 unspecified atom stereocenters. The van der Waals surface area contributed by atoms with Crippen LogP contribution in [-0.2, 0) is 22.6 Å². The summed E-state index contributed by atoms with van der Waals surface area (Å²) in [5, 5.41) is 0.614. The van der Waals surface area contributed by atoms with E-state index >= 15 is 0 Å². The van der Waals surface area contributed by atoms with Crippen molar-refractivity contribution in [2.75, 3.05) is 6.54 Å². The number of thiophene rings is 1. The minimum Gasteiger partial charge on any atom is -0.416 e. The highest BCUT2D eigenvalue weighted by Crippen LogP contribution is 2.38. The molecule has 1 aromatic rings. The van der Waals surface area contributed by atoms with E-state index in [1.165, 1.54) is 23.1 Å². The maximum absolute atomic E-state index is 14.6. The lowest BCUT2D eigenvalue weighted by atomic mass is 9.91. The van der Waals surface area contributed by atoms with Gasteiger partial charge in [0, 0.05) is 55.3 Å². The van der Waals surface area contributed by atoms with Crippen LogP contribution < -0.4 is 4.74 Å². The third kappa shape index (κ3) is 4.22. The van der Waals surface area contributed by atoms with E-state index < -0.39 is 0 Å². The molecule has 1 atom stereocenters. The van der Waals surface area contributed by atoms with Gasteiger partial charge in [0.1, 0.15) is 11.6 Å². The Labute approximate surface area is 162 Å². The summed E-state index contributed by atoms with van der Waals surface area (Å²) in [6, 6.07) is 1.70. The van der Waals surface area contributed by atoms with Crippen molar-refractivity contribution in [1.82, 2.24) is 4.90 Å². The minimum absolute atomic E-state index is 0.0807. The first kappa shape index (κ1) is 18.6. The number of hydrogen-bond acceptors (Lipinski definition) is 5. The lowest BCUT2D eigenvalue weighted by Gasteiger charge is -2.36. The van der Waals surface area contributed by atoms with E-state index in [-0.39, 0.29) is 29.5 Å². The van der Waals surface area contributed by atoms with E-state index in [9.17, 15) is 14.0 Å². The maximum atomic E-state index is 14.6. The predicted octanol–water partition coefficient (Wildman–Crippen LogP) is 4.34. The van der Waals surface area contributed by atoms with Gasteiger partial charge >= 0.3 is 5.97 Å². The van der Waals surface area contributed by atoms with Crippen molar-refractivity contribution in [2.45, 2.75) is 58.0 Å². The summed E-state index contributed by atoms with van der Waals surface area (Å²) < 4.78 is 19.8. The van der Waals surface area contributed by atoms with Gasteiger partial charge in [-0.3, -0.25) is 14.5 Å². The van der Waals surface area contributed by atoms with Gasteiger partial charge in [0.15, 0.2) is 5.06 Å². The number of ketones is 1. The van der Waals surface area contributed by atoms with Crippen LogP contribution in [0.25, 0.3) is 0 Å². The summed E-state index contributed by atoms with van der Waals surface area (Å²) in [4.78, 5) is 27.2. The van der Waals surface area contributed by atoms with Gasteiger partial charge in [-0.2, -0.15) is 0 Å². The highest BCUT2D eigenvalue weighted by Gasteiger charge is 2.36. The smallest absolute Gasteiger partial charge is 0.308 e. The van der Waals surface area contributed by atoms with Crippen LogP contribution in [0.15, 0.2) is 29.6 Å². The van der Waals surface area contributed by atoms with E-state index in [2.05, 4.69) is 4.90 Å². The zero-order valence-corrected chi connectivity index (χ0v) is 16.3. The Morgan fingerprint density at radius 2 is 2.19 bits per heavy atom. The van der Waals surface area contributed by atoms with Gasteiger partial charge in [0.2, 0.25) is 0 Å². The molecule has 1 fully saturated rings. The molecule has 0 spiro atoms. The Bertz CT molecular complexity index is 821. The molecule has 0 saturated heterocycles. The number of allylic oxidation sites excluding steroid dienone is 2. The molecule has 6 heteroatoms. The third-order valence-corrected chi connectivity index (χ3v) is 6.60. The molecule has 0 bridgehead atoms. The van der Waals surface area contributed by atoms with E-state index in [4.69, 9.17) is 4.74 Å². The fourth-order valence-corrected chi connectivity index (χ4v) is 4.98. The van der Waals surface area contributed by atoms with Gasteiger partial charge in [-0.15, -0.1) is 11.3 Å². The molecule has 4 nitrogen and oxygen atoms in total. The van der Waals surface area contributed by atoms with Crippen molar-refractivity contribution in [2.24, 2.45) is 5.92 Å². The molecule has 1 aromatic heterocycles. The lowest BCUT2D eigenvalue weighted by molar-refractivity contribution is -0.131. The molecule has 2 aliphatic carbocycles. The van der Waals surface area contributed by atoms with Gasteiger partial charge in [-0.1, -0.05) is 12.2 Å². The number of Topliss-reactive ketones (excluding diaryl/α,β-unsaturated/α-hetero) is 1. The molecule has 0 radical (unpaired) electrons. The molecule has 0 amide bonds.